The Balaban J connectivity index is 2.32. The molecule has 0 radical (unpaired) electrons. The molecule has 2 nitrogen and oxygen atoms in total. The molecule has 0 bridgehead atoms. The lowest BCUT2D eigenvalue weighted by Crippen LogP contribution is -1.96. The van der Waals surface area contributed by atoms with Crippen LogP contribution in [0, 0.1) is 6.92 Å². The zero-order chi connectivity index (χ0) is 10.1. The number of aromatic nitrogens is 1. The van der Waals surface area contributed by atoms with Gasteiger partial charge in [0.05, 0.1) is 11.2 Å². The van der Waals surface area contributed by atoms with Crippen LogP contribution in [0.15, 0.2) is 21.4 Å². The van der Waals surface area contributed by atoms with E-state index in [-0.39, 0.29) is 0 Å². The highest BCUT2D eigenvalue weighted by Gasteiger charge is 2.15. The lowest BCUT2D eigenvalue weighted by molar-refractivity contribution is 0.220. The van der Waals surface area contributed by atoms with Crippen LogP contribution in [0.5, 0.6) is 0 Å². The van der Waals surface area contributed by atoms with E-state index in [1.54, 1.807) is 16.8 Å². The standard InChI is InChI=1S/C9H8BrNOS2/c1-5-6(10)2-8(14-5)9(12)7-3-13-4-11-7/h2-4,9,12H,1H3. The van der Waals surface area contributed by atoms with Crippen molar-refractivity contribution in [1.82, 2.24) is 4.98 Å². The van der Waals surface area contributed by atoms with Crippen molar-refractivity contribution in [1.29, 1.82) is 0 Å². The topological polar surface area (TPSA) is 33.1 Å². The summed E-state index contributed by atoms with van der Waals surface area (Å²) in [6.45, 7) is 2.02. The maximum absolute atomic E-state index is 9.95. The lowest BCUT2D eigenvalue weighted by atomic mass is 10.2. The molecule has 1 unspecified atom stereocenters. The first-order valence-electron chi connectivity index (χ1n) is 4.00. The van der Waals surface area contributed by atoms with Crippen molar-refractivity contribution >= 4 is 38.6 Å². The fraction of sp³-hybridized carbons (Fsp3) is 0.222. The number of halogens is 1. The molecule has 1 N–H and O–H groups in total. The first-order valence-corrected chi connectivity index (χ1v) is 6.55. The van der Waals surface area contributed by atoms with Crippen LogP contribution in [0.1, 0.15) is 21.6 Å². The molecule has 2 heterocycles. The third kappa shape index (κ3) is 1.91. The van der Waals surface area contributed by atoms with Crippen molar-refractivity contribution < 1.29 is 5.11 Å². The molecule has 0 saturated carbocycles. The Bertz CT molecular complexity index is 404. The second-order valence-corrected chi connectivity index (χ2v) is 5.73. The normalized spacial score (nSPS) is 13.1. The van der Waals surface area contributed by atoms with Gasteiger partial charge in [-0.15, -0.1) is 22.7 Å². The van der Waals surface area contributed by atoms with Gasteiger partial charge in [0, 0.05) is 19.6 Å². The first kappa shape index (κ1) is 10.3. The maximum atomic E-state index is 9.95. The van der Waals surface area contributed by atoms with Crippen LogP contribution >= 0.6 is 38.6 Å². The van der Waals surface area contributed by atoms with Crippen molar-refractivity contribution in [3.8, 4) is 0 Å². The molecule has 0 aliphatic rings. The van der Waals surface area contributed by atoms with Crippen molar-refractivity contribution in [3.63, 3.8) is 0 Å². The summed E-state index contributed by atoms with van der Waals surface area (Å²) < 4.78 is 1.05. The SMILES string of the molecule is Cc1sc(C(O)c2cscn2)cc1Br. The van der Waals surface area contributed by atoms with Gasteiger partial charge in [-0.2, -0.15) is 0 Å². The van der Waals surface area contributed by atoms with E-state index in [4.69, 9.17) is 0 Å². The van der Waals surface area contributed by atoms with E-state index in [1.807, 2.05) is 18.4 Å². The van der Waals surface area contributed by atoms with Crippen molar-refractivity contribution in [3.05, 3.63) is 36.9 Å². The summed E-state index contributed by atoms with van der Waals surface area (Å²) in [5, 5.41) is 11.8. The zero-order valence-corrected chi connectivity index (χ0v) is 10.6. The van der Waals surface area contributed by atoms with Crippen LogP contribution in [0.2, 0.25) is 0 Å². The van der Waals surface area contributed by atoms with Crippen molar-refractivity contribution in [2.24, 2.45) is 0 Å². The molecule has 0 aliphatic carbocycles. The number of aliphatic hydroxyl groups excluding tert-OH is 1. The summed E-state index contributed by atoms with van der Waals surface area (Å²) in [7, 11) is 0. The highest BCUT2D eigenvalue weighted by Crippen LogP contribution is 2.33. The summed E-state index contributed by atoms with van der Waals surface area (Å²) in [6.07, 6.45) is -0.587. The number of hydrogen-bond acceptors (Lipinski definition) is 4. The lowest BCUT2D eigenvalue weighted by Gasteiger charge is -2.03. The van der Waals surface area contributed by atoms with E-state index in [0.717, 1.165) is 15.0 Å². The maximum Gasteiger partial charge on any atom is 0.131 e. The second-order valence-electron chi connectivity index (χ2n) is 2.87. The average molecular weight is 290 g/mol. The van der Waals surface area contributed by atoms with Crippen LogP contribution in [0.25, 0.3) is 0 Å². The quantitative estimate of drug-likeness (QED) is 0.920. The van der Waals surface area contributed by atoms with Crippen LogP contribution in [0.3, 0.4) is 0 Å². The highest BCUT2D eigenvalue weighted by molar-refractivity contribution is 9.10. The summed E-state index contributed by atoms with van der Waals surface area (Å²) in [4.78, 5) is 6.20. The molecule has 0 spiro atoms. The average Bonchev–Trinajstić information content (AvgIpc) is 2.76. The number of aliphatic hydroxyl groups is 1. The van der Waals surface area contributed by atoms with Crippen LogP contribution in [-0.2, 0) is 0 Å². The van der Waals surface area contributed by atoms with Gasteiger partial charge in [-0.3, -0.25) is 0 Å². The number of aryl methyl sites for hydroxylation is 1. The van der Waals surface area contributed by atoms with E-state index in [0.29, 0.717) is 0 Å². The van der Waals surface area contributed by atoms with E-state index < -0.39 is 6.10 Å². The van der Waals surface area contributed by atoms with Gasteiger partial charge in [-0.1, -0.05) is 0 Å². The summed E-state index contributed by atoms with van der Waals surface area (Å²) in [5.74, 6) is 0. The Morgan fingerprint density at radius 2 is 2.36 bits per heavy atom. The molecule has 0 amide bonds. The molecule has 14 heavy (non-hydrogen) atoms. The Labute approximate surface area is 98.4 Å². The summed E-state index contributed by atoms with van der Waals surface area (Å²) >= 11 is 6.51. The molecule has 2 rings (SSSR count). The van der Waals surface area contributed by atoms with Gasteiger partial charge >= 0.3 is 0 Å². The molecule has 0 saturated heterocycles. The van der Waals surface area contributed by atoms with Crippen molar-refractivity contribution in [2.45, 2.75) is 13.0 Å². The van der Waals surface area contributed by atoms with E-state index >= 15 is 0 Å². The monoisotopic (exact) mass is 289 g/mol. The van der Waals surface area contributed by atoms with E-state index in [9.17, 15) is 5.11 Å². The van der Waals surface area contributed by atoms with Gasteiger partial charge < -0.3 is 5.11 Å². The smallest absolute Gasteiger partial charge is 0.131 e. The van der Waals surface area contributed by atoms with Gasteiger partial charge in [-0.05, 0) is 28.9 Å². The fourth-order valence-corrected chi connectivity index (χ4v) is 3.25. The predicted octanol–water partition coefficient (Wildman–Crippen LogP) is 3.36. The minimum absolute atomic E-state index is 0.587. The van der Waals surface area contributed by atoms with Crippen molar-refractivity contribution in [2.75, 3.05) is 0 Å². The molecular formula is C9H8BrNOS2. The predicted molar refractivity (Wildman–Crippen MR) is 62.9 cm³/mol. The largest absolute Gasteiger partial charge is 0.381 e. The molecule has 0 aliphatic heterocycles. The van der Waals surface area contributed by atoms with Gasteiger partial charge in [0.2, 0.25) is 0 Å². The van der Waals surface area contributed by atoms with Gasteiger partial charge in [0.1, 0.15) is 6.10 Å². The fourth-order valence-electron chi connectivity index (χ4n) is 1.12. The third-order valence-corrected chi connectivity index (χ3v) is 4.67. The molecule has 2 aromatic rings. The van der Waals surface area contributed by atoms with Gasteiger partial charge in [0.25, 0.3) is 0 Å². The molecular weight excluding hydrogens is 282 g/mol. The molecule has 0 aromatic carbocycles. The van der Waals surface area contributed by atoms with Crippen LogP contribution < -0.4 is 0 Å². The van der Waals surface area contributed by atoms with Crippen LogP contribution in [0.4, 0.5) is 0 Å². The molecule has 74 valence electrons. The van der Waals surface area contributed by atoms with E-state index in [1.165, 1.54) is 16.2 Å². The van der Waals surface area contributed by atoms with Gasteiger partial charge in [0.15, 0.2) is 0 Å². The number of thiophene rings is 1. The Hall–Kier alpha value is -0.230. The molecule has 5 heteroatoms. The zero-order valence-electron chi connectivity index (χ0n) is 7.40. The number of rotatable bonds is 2. The Kier molecular flexibility index (Phi) is 3.02. The summed E-state index contributed by atoms with van der Waals surface area (Å²) in [6, 6.07) is 1.95. The Morgan fingerprint density at radius 1 is 1.57 bits per heavy atom. The minimum atomic E-state index is -0.587. The van der Waals surface area contributed by atoms with Gasteiger partial charge in [-0.25, -0.2) is 4.98 Å². The first-order chi connectivity index (χ1) is 6.68. The number of thiazole rings is 1. The van der Waals surface area contributed by atoms with E-state index in [2.05, 4.69) is 20.9 Å². The number of nitrogens with zero attached hydrogens (tertiary/aromatic N) is 1. The third-order valence-electron chi connectivity index (χ3n) is 1.88. The number of hydrogen-bond donors (Lipinski definition) is 1. The minimum Gasteiger partial charge on any atom is -0.381 e. The molecule has 1 atom stereocenters. The second kappa shape index (κ2) is 4.10. The van der Waals surface area contributed by atoms with Crippen LogP contribution in [-0.4, -0.2) is 10.1 Å². The molecule has 0 fully saturated rings. The molecule has 2 aromatic heterocycles. The highest BCUT2D eigenvalue weighted by atomic mass is 79.9. The summed E-state index contributed by atoms with van der Waals surface area (Å²) in [5.41, 5.74) is 2.46. The Morgan fingerprint density at radius 3 is 2.86 bits per heavy atom.